The second-order valence-corrected chi connectivity index (χ2v) is 7.13. The molecule has 2 N–H and O–H groups in total. The molecule has 0 spiro atoms. The van der Waals surface area contributed by atoms with Gasteiger partial charge in [-0.25, -0.2) is 0 Å². The first-order valence-corrected chi connectivity index (χ1v) is 9.97. The van der Waals surface area contributed by atoms with E-state index < -0.39 is 0 Å². The van der Waals surface area contributed by atoms with Gasteiger partial charge in [-0.3, -0.25) is 4.99 Å². The quantitative estimate of drug-likeness (QED) is 0.167. The third kappa shape index (κ3) is 17.1. The standard InChI is InChI=1S/C19H40N4O.HI/c1-4-20-19(22-14-10-16-24-17-18-11-12-18)21-13-8-6-5-7-9-15-23(2)3;/h18H,4-17H2,1-3H3,(H2,20,21,22);1H. The number of halogens is 1. The molecule has 0 aliphatic heterocycles. The molecule has 0 atom stereocenters. The minimum Gasteiger partial charge on any atom is -0.381 e. The molecule has 1 saturated carbocycles. The third-order valence-electron chi connectivity index (χ3n) is 4.19. The Hall–Kier alpha value is -0.0800. The fourth-order valence-corrected chi connectivity index (χ4v) is 2.52. The summed E-state index contributed by atoms with van der Waals surface area (Å²) in [5.41, 5.74) is 0. The van der Waals surface area contributed by atoms with Crippen LogP contribution in [0.3, 0.4) is 0 Å². The lowest BCUT2D eigenvalue weighted by Crippen LogP contribution is -2.37. The highest BCUT2D eigenvalue weighted by Crippen LogP contribution is 2.28. The summed E-state index contributed by atoms with van der Waals surface area (Å²) in [6.07, 6.45) is 10.2. The molecule has 0 saturated heterocycles. The Bertz CT molecular complexity index is 323. The number of aliphatic imine (C=N–C) groups is 1. The van der Waals surface area contributed by atoms with Crippen LogP contribution in [0.5, 0.6) is 0 Å². The monoisotopic (exact) mass is 468 g/mol. The van der Waals surface area contributed by atoms with Crippen molar-refractivity contribution in [3.05, 3.63) is 0 Å². The smallest absolute Gasteiger partial charge is 0.191 e. The van der Waals surface area contributed by atoms with Crippen molar-refractivity contribution in [3.8, 4) is 0 Å². The first kappa shape index (κ1) is 24.9. The number of nitrogens with zero attached hydrogens (tertiary/aromatic N) is 2. The van der Waals surface area contributed by atoms with E-state index in [-0.39, 0.29) is 24.0 Å². The van der Waals surface area contributed by atoms with Crippen molar-refractivity contribution < 1.29 is 4.74 Å². The van der Waals surface area contributed by atoms with Crippen LogP contribution in [0.1, 0.15) is 58.3 Å². The largest absolute Gasteiger partial charge is 0.381 e. The Morgan fingerprint density at radius 1 is 1.04 bits per heavy atom. The van der Waals surface area contributed by atoms with E-state index in [0.29, 0.717) is 0 Å². The number of rotatable bonds is 15. The normalized spacial score (nSPS) is 14.5. The van der Waals surface area contributed by atoms with Gasteiger partial charge < -0.3 is 20.3 Å². The Labute approximate surface area is 172 Å². The zero-order valence-corrected chi connectivity index (χ0v) is 19.0. The highest BCUT2D eigenvalue weighted by atomic mass is 127. The van der Waals surface area contributed by atoms with Gasteiger partial charge in [-0.2, -0.15) is 0 Å². The zero-order chi connectivity index (χ0) is 17.5. The van der Waals surface area contributed by atoms with Crippen LogP contribution in [0.25, 0.3) is 0 Å². The van der Waals surface area contributed by atoms with Crippen LogP contribution in [0.2, 0.25) is 0 Å². The highest BCUT2D eigenvalue weighted by Gasteiger charge is 2.20. The molecule has 0 aromatic heterocycles. The number of nitrogens with one attached hydrogen (secondary N) is 2. The van der Waals surface area contributed by atoms with Crippen molar-refractivity contribution >= 4 is 29.9 Å². The van der Waals surface area contributed by atoms with E-state index in [1.165, 1.54) is 51.5 Å². The first-order valence-electron chi connectivity index (χ1n) is 9.97. The zero-order valence-electron chi connectivity index (χ0n) is 16.7. The Kier molecular flexibility index (Phi) is 17.3. The van der Waals surface area contributed by atoms with Crippen molar-refractivity contribution in [1.29, 1.82) is 0 Å². The molecule has 0 heterocycles. The van der Waals surface area contributed by atoms with E-state index in [0.717, 1.165) is 51.1 Å². The van der Waals surface area contributed by atoms with E-state index in [1.54, 1.807) is 0 Å². The maximum Gasteiger partial charge on any atom is 0.191 e. The average molecular weight is 468 g/mol. The fourth-order valence-electron chi connectivity index (χ4n) is 2.52. The van der Waals surface area contributed by atoms with E-state index >= 15 is 0 Å². The summed E-state index contributed by atoms with van der Waals surface area (Å²) in [5.74, 6) is 1.81. The lowest BCUT2D eigenvalue weighted by atomic mass is 10.1. The molecule has 1 aliphatic carbocycles. The molecule has 0 amide bonds. The molecule has 25 heavy (non-hydrogen) atoms. The van der Waals surface area contributed by atoms with Crippen LogP contribution in [-0.2, 0) is 4.74 Å². The summed E-state index contributed by atoms with van der Waals surface area (Å²) in [5, 5.41) is 6.76. The molecular formula is C19H41IN4O. The lowest BCUT2D eigenvalue weighted by molar-refractivity contribution is 0.123. The van der Waals surface area contributed by atoms with Crippen molar-refractivity contribution in [2.45, 2.75) is 58.3 Å². The van der Waals surface area contributed by atoms with Crippen LogP contribution in [-0.4, -0.2) is 64.3 Å². The van der Waals surface area contributed by atoms with Crippen molar-refractivity contribution in [2.24, 2.45) is 10.9 Å². The molecule has 6 heteroatoms. The van der Waals surface area contributed by atoms with Crippen LogP contribution in [0.4, 0.5) is 0 Å². The molecule has 0 unspecified atom stereocenters. The van der Waals surface area contributed by atoms with Crippen LogP contribution in [0, 0.1) is 5.92 Å². The van der Waals surface area contributed by atoms with E-state index in [1.807, 2.05) is 0 Å². The molecule has 0 radical (unpaired) electrons. The van der Waals surface area contributed by atoms with Gasteiger partial charge in [-0.05, 0) is 65.6 Å². The molecule has 0 aromatic rings. The SMILES string of the molecule is CCNC(=NCCCOCC1CC1)NCCCCCCCN(C)C.I. The van der Waals surface area contributed by atoms with Gasteiger partial charge >= 0.3 is 0 Å². The molecular weight excluding hydrogens is 427 g/mol. The van der Waals surface area contributed by atoms with Gasteiger partial charge in [0.1, 0.15) is 0 Å². The first-order chi connectivity index (χ1) is 11.7. The van der Waals surface area contributed by atoms with Crippen molar-refractivity contribution in [1.82, 2.24) is 15.5 Å². The summed E-state index contributed by atoms with van der Waals surface area (Å²) >= 11 is 0. The predicted molar refractivity (Wildman–Crippen MR) is 119 cm³/mol. The average Bonchev–Trinajstić information content (AvgIpc) is 3.37. The summed E-state index contributed by atoms with van der Waals surface area (Å²) in [6, 6.07) is 0. The molecule has 150 valence electrons. The number of ether oxygens (including phenoxy) is 1. The van der Waals surface area contributed by atoms with Crippen LogP contribution in [0.15, 0.2) is 4.99 Å². The fraction of sp³-hybridized carbons (Fsp3) is 0.947. The summed E-state index contributed by atoms with van der Waals surface area (Å²) < 4.78 is 5.65. The van der Waals surface area contributed by atoms with E-state index in [2.05, 4.69) is 41.5 Å². The van der Waals surface area contributed by atoms with Gasteiger partial charge in [-0.15, -0.1) is 24.0 Å². The molecule has 0 bridgehead atoms. The van der Waals surface area contributed by atoms with Crippen molar-refractivity contribution in [2.75, 3.05) is 53.5 Å². The molecule has 1 fully saturated rings. The molecule has 1 rings (SSSR count). The number of unbranched alkanes of at least 4 members (excludes halogenated alkanes) is 4. The van der Waals surface area contributed by atoms with Gasteiger partial charge in [0.25, 0.3) is 0 Å². The lowest BCUT2D eigenvalue weighted by Gasteiger charge is -2.11. The Morgan fingerprint density at radius 2 is 1.76 bits per heavy atom. The predicted octanol–water partition coefficient (Wildman–Crippen LogP) is 3.49. The van der Waals surface area contributed by atoms with Crippen LogP contribution >= 0.6 is 24.0 Å². The topological polar surface area (TPSA) is 48.9 Å². The number of hydrogen-bond acceptors (Lipinski definition) is 3. The highest BCUT2D eigenvalue weighted by molar-refractivity contribution is 14.0. The van der Waals surface area contributed by atoms with E-state index in [9.17, 15) is 0 Å². The summed E-state index contributed by atoms with van der Waals surface area (Å²) in [6.45, 7) is 7.88. The van der Waals surface area contributed by atoms with Gasteiger partial charge in [0.15, 0.2) is 5.96 Å². The summed E-state index contributed by atoms with van der Waals surface area (Å²) in [4.78, 5) is 6.88. The minimum absolute atomic E-state index is 0. The Balaban J connectivity index is 0.00000576. The van der Waals surface area contributed by atoms with Crippen molar-refractivity contribution in [3.63, 3.8) is 0 Å². The summed E-state index contributed by atoms with van der Waals surface area (Å²) in [7, 11) is 4.29. The molecule has 1 aliphatic rings. The van der Waals surface area contributed by atoms with Gasteiger partial charge in [-0.1, -0.05) is 19.3 Å². The number of hydrogen-bond donors (Lipinski definition) is 2. The second kappa shape index (κ2) is 17.3. The third-order valence-corrected chi connectivity index (χ3v) is 4.19. The molecule has 0 aromatic carbocycles. The van der Waals surface area contributed by atoms with Gasteiger partial charge in [0.05, 0.1) is 0 Å². The van der Waals surface area contributed by atoms with E-state index in [4.69, 9.17) is 4.74 Å². The molecule has 5 nitrogen and oxygen atoms in total. The maximum absolute atomic E-state index is 5.65. The minimum atomic E-state index is 0. The Morgan fingerprint density at radius 3 is 2.44 bits per heavy atom. The second-order valence-electron chi connectivity index (χ2n) is 7.13. The van der Waals surface area contributed by atoms with Gasteiger partial charge in [0.2, 0.25) is 0 Å². The number of guanidine groups is 1. The maximum atomic E-state index is 5.65. The van der Waals surface area contributed by atoms with Crippen LogP contribution < -0.4 is 10.6 Å². The van der Waals surface area contributed by atoms with Gasteiger partial charge in [0, 0.05) is 32.8 Å².